The Morgan fingerprint density at radius 1 is 1.33 bits per heavy atom. The van der Waals surface area contributed by atoms with Crippen LogP contribution in [0.25, 0.3) is 0 Å². The summed E-state index contributed by atoms with van der Waals surface area (Å²) in [4.78, 5) is 19.0. The summed E-state index contributed by atoms with van der Waals surface area (Å²) < 4.78 is 5.44. The molecule has 2 atom stereocenters. The molecule has 0 aromatic heterocycles. The van der Waals surface area contributed by atoms with Crippen LogP contribution in [0.1, 0.15) is 38.2 Å². The Bertz CT molecular complexity index is 647. The van der Waals surface area contributed by atoms with E-state index in [4.69, 9.17) is 4.74 Å². The third kappa shape index (κ3) is 6.34. The molecule has 1 aromatic rings. The van der Waals surface area contributed by atoms with Gasteiger partial charge in [0.05, 0.1) is 0 Å². The van der Waals surface area contributed by atoms with Gasteiger partial charge >= 0.3 is 0 Å². The summed E-state index contributed by atoms with van der Waals surface area (Å²) in [7, 11) is 1.83. The molecule has 0 aliphatic carbocycles. The molecule has 27 heavy (non-hydrogen) atoms. The van der Waals surface area contributed by atoms with Gasteiger partial charge in [0.25, 0.3) is 5.91 Å². The van der Waals surface area contributed by atoms with Crippen molar-refractivity contribution in [1.29, 1.82) is 0 Å². The van der Waals surface area contributed by atoms with Crippen molar-refractivity contribution in [2.75, 3.05) is 32.1 Å². The largest absolute Gasteiger partial charge is 0.368 e. The Morgan fingerprint density at radius 2 is 2.19 bits per heavy atom. The van der Waals surface area contributed by atoms with Gasteiger partial charge in [-0.25, -0.2) is 0 Å². The third-order valence-corrected chi connectivity index (χ3v) is 5.04. The first-order valence-electron chi connectivity index (χ1n) is 9.62. The monoisotopic (exact) mass is 486 g/mol. The Labute approximate surface area is 179 Å². The predicted molar refractivity (Wildman–Crippen MR) is 120 cm³/mol. The van der Waals surface area contributed by atoms with Crippen molar-refractivity contribution in [1.82, 2.24) is 10.2 Å². The number of ether oxygens (including phenoxy) is 1. The van der Waals surface area contributed by atoms with Crippen LogP contribution in [0.2, 0.25) is 0 Å². The van der Waals surface area contributed by atoms with Crippen molar-refractivity contribution in [3.63, 3.8) is 0 Å². The number of aliphatic imine (C=N–C) groups is 1. The molecular formula is C20H31IN4O2. The van der Waals surface area contributed by atoms with E-state index < -0.39 is 0 Å². The topological polar surface area (TPSA) is 66.0 Å². The van der Waals surface area contributed by atoms with Crippen molar-refractivity contribution in [2.24, 2.45) is 10.9 Å². The lowest BCUT2D eigenvalue weighted by atomic mass is 10.0. The maximum atomic E-state index is 12.2. The Balaban J connectivity index is 0.00000261. The van der Waals surface area contributed by atoms with Crippen molar-refractivity contribution in [2.45, 2.75) is 45.3 Å². The highest BCUT2D eigenvalue weighted by Crippen LogP contribution is 2.17. The zero-order valence-corrected chi connectivity index (χ0v) is 18.6. The Morgan fingerprint density at radius 3 is 2.89 bits per heavy atom. The average Bonchev–Trinajstić information content (AvgIpc) is 3.17. The first-order valence-corrected chi connectivity index (χ1v) is 9.62. The highest BCUT2D eigenvalue weighted by Gasteiger charge is 2.23. The molecule has 2 aliphatic rings. The van der Waals surface area contributed by atoms with Crippen LogP contribution in [0.15, 0.2) is 29.3 Å². The molecule has 2 saturated heterocycles. The van der Waals surface area contributed by atoms with Gasteiger partial charge in [-0.1, -0.05) is 19.1 Å². The Hall–Kier alpha value is -1.35. The number of rotatable bonds is 4. The molecule has 1 aromatic carbocycles. The van der Waals surface area contributed by atoms with E-state index >= 15 is 0 Å². The van der Waals surface area contributed by atoms with Gasteiger partial charge in [0.1, 0.15) is 6.10 Å². The first kappa shape index (κ1) is 21.9. The fraction of sp³-hybridized carbons (Fsp3) is 0.600. The number of amides is 1. The molecule has 150 valence electrons. The molecule has 2 aliphatic heterocycles. The van der Waals surface area contributed by atoms with Gasteiger partial charge in [0, 0.05) is 39.0 Å². The van der Waals surface area contributed by atoms with Gasteiger partial charge in [0.15, 0.2) is 5.96 Å². The minimum atomic E-state index is -0.309. The second kappa shape index (κ2) is 10.8. The lowest BCUT2D eigenvalue weighted by Crippen LogP contribution is -2.45. The number of nitrogens with one attached hydrogen (secondary N) is 2. The van der Waals surface area contributed by atoms with E-state index in [-0.39, 0.29) is 36.0 Å². The minimum Gasteiger partial charge on any atom is -0.368 e. The predicted octanol–water partition coefficient (Wildman–Crippen LogP) is 3.23. The number of benzene rings is 1. The van der Waals surface area contributed by atoms with Crippen LogP contribution in [-0.2, 0) is 16.1 Å². The molecule has 6 nitrogen and oxygen atoms in total. The number of nitrogens with zero attached hydrogens (tertiary/aromatic N) is 2. The smallest absolute Gasteiger partial charge is 0.253 e. The normalized spacial score (nSPS) is 22.9. The molecule has 0 saturated carbocycles. The van der Waals surface area contributed by atoms with Gasteiger partial charge in [-0.3, -0.25) is 9.79 Å². The van der Waals surface area contributed by atoms with E-state index in [1.807, 2.05) is 25.2 Å². The lowest BCUT2D eigenvalue weighted by Gasteiger charge is -2.33. The molecule has 3 rings (SSSR count). The molecule has 1 amide bonds. The van der Waals surface area contributed by atoms with E-state index in [2.05, 4.69) is 33.5 Å². The summed E-state index contributed by atoms with van der Waals surface area (Å²) in [5.41, 5.74) is 1.92. The van der Waals surface area contributed by atoms with E-state index in [9.17, 15) is 4.79 Å². The van der Waals surface area contributed by atoms with Crippen LogP contribution in [0.4, 0.5) is 5.69 Å². The van der Waals surface area contributed by atoms with Crippen molar-refractivity contribution in [3.05, 3.63) is 29.8 Å². The summed E-state index contributed by atoms with van der Waals surface area (Å²) >= 11 is 0. The number of halogens is 1. The number of guanidine groups is 1. The number of carbonyl (C=O) groups is 1. The number of anilines is 1. The van der Waals surface area contributed by atoms with Crippen molar-refractivity contribution < 1.29 is 9.53 Å². The molecule has 2 N–H and O–H groups in total. The van der Waals surface area contributed by atoms with Crippen LogP contribution in [0, 0.1) is 5.92 Å². The molecule has 2 heterocycles. The molecular weight excluding hydrogens is 455 g/mol. The summed E-state index contributed by atoms with van der Waals surface area (Å²) in [5.74, 6) is 1.61. The lowest BCUT2D eigenvalue weighted by molar-refractivity contribution is -0.124. The van der Waals surface area contributed by atoms with Crippen molar-refractivity contribution >= 4 is 41.5 Å². The van der Waals surface area contributed by atoms with Gasteiger partial charge in [-0.15, -0.1) is 24.0 Å². The highest BCUT2D eigenvalue weighted by atomic mass is 127. The zero-order chi connectivity index (χ0) is 18.4. The van der Waals surface area contributed by atoms with Crippen LogP contribution in [-0.4, -0.2) is 49.6 Å². The number of piperidine rings is 1. The van der Waals surface area contributed by atoms with Gasteiger partial charge in [0.2, 0.25) is 0 Å². The molecule has 0 spiro atoms. The van der Waals surface area contributed by atoms with Crippen molar-refractivity contribution in [3.8, 4) is 0 Å². The van der Waals surface area contributed by atoms with E-state index in [1.54, 1.807) is 0 Å². The maximum absolute atomic E-state index is 12.2. The molecule has 7 heteroatoms. The minimum absolute atomic E-state index is 0. The second-order valence-electron chi connectivity index (χ2n) is 7.29. The maximum Gasteiger partial charge on any atom is 0.253 e. The summed E-state index contributed by atoms with van der Waals surface area (Å²) in [6, 6.07) is 7.94. The fourth-order valence-electron chi connectivity index (χ4n) is 3.66. The van der Waals surface area contributed by atoms with E-state index in [0.717, 1.165) is 43.1 Å². The first-order chi connectivity index (χ1) is 12.7. The fourth-order valence-corrected chi connectivity index (χ4v) is 3.66. The number of likely N-dealkylation sites (tertiary alicyclic amines) is 1. The van der Waals surface area contributed by atoms with Crippen LogP contribution in [0.5, 0.6) is 0 Å². The SMILES string of the molecule is CN=C(NCc1cccc(NC(=O)C2CCCO2)c1)N1CCCC(C)C1.I. The molecule has 0 bridgehead atoms. The second-order valence-corrected chi connectivity index (χ2v) is 7.29. The quantitative estimate of drug-likeness (QED) is 0.390. The Kier molecular flexibility index (Phi) is 8.82. The van der Waals surface area contributed by atoms with Gasteiger partial charge in [-0.2, -0.15) is 0 Å². The molecule has 2 unspecified atom stereocenters. The van der Waals surface area contributed by atoms with Gasteiger partial charge in [-0.05, 0) is 49.3 Å². The summed E-state index contributed by atoms with van der Waals surface area (Å²) in [5, 5.41) is 6.41. The molecule has 2 fully saturated rings. The number of hydrogen-bond acceptors (Lipinski definition) is 3. The number of hydrogen-bond donors (Lipinski definition) is 2. The highest BCUT2D eigenvalue weighted by molar-refractivity contribution is 14.0. The standard InChI is InChI=1S/C20H30N4O2.HI/c1-15-6-4-10-24(14-15)20(21-2)22-13-16-7-3-8-17(12-16)23-19(25)18-9-5-11-26-18;/h3,7-8,12,15,18H,4-6,9-11,13-14H2,1-2H3,(H,21,22)(H,23,25);1H. The number of carbonyl (C=O) groups excluding carboxylic acids is 1. The third-order valence-electron chi connectivity index (χ3n) is 5.04. The zero-order valence-electron chi connectivity index (χ0n) is 16.2. The van der Waals surface area contributed by atoms with E-state index in [0.29, 0.717) is 19.1 Å². The van der Waals surface area contributed by atoms with Crippen LogP contribution >= 0.6 is 24.0 Å². The van der Waals surface area contributed by atoms with Crippen LogP contribution < -0.4 is 10.6 Å². The summed E-state index contributed by atoms with van der Waals surface area (Å²) in [6.07, 6.45) is 3.96. The van der Waals surface area contributed by atoms with Crippen LogP contribution in [0.3, 0.4) is 0 Å². The van der Waals surface area contributed by atoms with E-state index in [1.165, 1.54) is 12.8 Å². The molecule has 0 radical (unpaired) electrons. The average molecular weight is 486 g/mol. The summed E-state index contributed by atoms with van der Waals surface area (Å²) in [6.45, 7) is 5.76. The van der Waals surface area contributed by atoms with Gasteiger partial charge < -0.3 is 20.3 Å².